The van der Waals surface area contributed by atoms with E-state index < -0.39 is 4.92 Å². The number of nitro benzene ring substituents is 1. The maximum Gasteiger partial charge on any atom is 0.269 e. The molecule has 2 aromatic heterocycles. The largest absolute Gasteiger partial charge is 0.329 e. The van der Waals surface area contributed by atoms with E-state index in [2.05, 4.69) is 37.6 Å². The van der Waals surface area contributed by atoms with Crippen molar-refractivity contribution in [1.29, 1.82) is 0 Å². The molecule has 9 heteroatoms. The van der Waals surface area contributed by atoms with Crippen LogP contribution in [0.3, 0.4) is 0 Å². The summed E-state index contributed by atoms with van der Waals surface area (Å²) in [5.74, 6) is 0.232. The summed E-state index contributed by atoms with van der Waals surface area (Å²) >= 11 is 4.22. The molecule has 0 radical (unpaired) electrons. The smallest absolute Gasteiger partial charge is 0.269 e. The van der Waals surface area contributed by atoms with Gasteiger partial charge in [-0.15, -0.1) is 12.6 Å². The quantitative estimate of drug-likeness (QED) is 0.253. The summed E-state index contributed by atoms with van der Waals surface area (Å²) < 4.78 is 0. The molecule has 0 saturated heterocycles. The van der Waals surface area contributed by atoms with E-state index in [1.807, 2.05) is 0 Å². The van der Waals surface area contributed by atoms with E-state index in [-0.39, 0.29) is 11.6 Å². The van der Waals surface area contributed by atoms with Crippen molar-refractivity contribution in [3.05, 3.63) is 46.3 Å². The van der Waals surface area contributed by atoms with Gasteiger partial charge in [0.2, 0.25) is 0 Å². The average molecular weight is 300 g/mol. The number of thiol groups is 1. The van der Waals surface area contributed by atoms with Crippen molar-refractivity contribution < 1.29 is 4.92 Å². The first-order valence-electron chi connectivity index (χ1n) is 5.82. The Balaban J connectivity index is 1.88. The lowest BCUT2D eigenvalue weighted by Gasteiger charge is -1.96. The van der Waals surface area contributed by atoms with Crippen molar-refractivity contribution in [3.63, 3.8) is 0 Å². The van der Waals surface area contributed by atoms with Crippen molar-refractivity contribution in [2.75, 3.05) is 0 Å². The number of imidazole rings is 1. The molecule has 0 unspecified atom stereocenters. The van der Waals surface area contributed by atoms with Gasteiger partial charge in [0.05, 0.1) is 11.3 Å². The molecule has 2 heterocycles. The van der Waals surface area contributed by atoms with Crippen molar-refractivity contribution in [3.8, 4) is 0 Å². The number of aromatic nitrogens is 4. The molecule has 3 aromatic rings. The van der Waals surface area contributed by atoms with E-state index in [0.29, 0.717) is 21.8 Å². The lowest BCUT2D eigenvalue weighted by molar-refractivity contribution is -0.384. The lowest BCUT2D eigenvalue weighted by Crippen LogP contribution is -1.89. The highest BCUT2D eigenvalue weighted by atomic mass is 32.1. The number of nitro groups is 1. The van der Waals surface area contributed by atoms with Gasteiger partial charge in [-0.3, -0.25) is 10.1 Å². The van der Waals surface area contributed by atoms with Crippen LogP contribution >= 0.6 is 12.6 Å². The van der Waals surface area contributed by atoms with Gasteiger partial charge in [0, 0.05) is 18.3 Å². The van der Waals surface area contributed by atoms with Gasteiger partial charge in [-0.1, -0.05) is 0 Å². The van der Waals surface area contributed by atoms with Gasteiger partial charge in [0.15, 0.2) is 5.65 Å². The van der Waals surface area contributed by atoms with E-state index in [0.717, 1.165) is 0 Å². The summed E-state index contributed by atoms with van der Waals surface area (Å²) in [6.45, 7) is 0. The first-order chi connectivity index (χ1) is 10.1. The van der Waals surface area contributed by atoms with Crippen LogP contribution in [-0.2, 0) is 0 Å². The molecule has 8 nitrogen and oxygen atoms in total. The van der Waals surface area contributed by atoms with Crippen LogP contribution in [0.25, 0.3) is 11.2 Å². The average Bonchev–Trinajstić information content (AvgIpc) is 2.94. The molecule has 0 atom stereocenters. The second-order valence-electron chi connectivity index (χ2n) is 4.05. The van der Waals surface area contributed by atoms with Crippen molar-refractivity contribution in [2.45, 2.75) is 5.03 Å². The molecule has 0 bridgehead atoms. The molecule has 0 spiro atoms. The minimum atomic E-state index is -0.455. The van der Waals surface area contributed by atoms with Crippen LogP contribution in [-0.4, -0.2) is 31.1 Å². The van der Waals surface area contributed by atoms with Crippen LogP contribution in [0.15, 0.2) is 40.6 Å². The summed E-state index contributed by atoms with van der Waals surface area (Å²) in [5.41, 5.74) is 1.85. The molecule has 0 aliphatic carbocycles. The third-order valence-corrected chi connectivity index (χ3v) is 2.99. The molecule has 104 valence electrons. The third kappa shape index (κ3) is 2.72. The Bertz CT molecular complexity index is 843. The fourth-order valence-electron chi connectivity index (χ4n) is 1.68. The first-order valence-corrected chi connectivity index (χ1v) is 6.27. The van der Waals surface area contributed by atoms with Crippen LogP contribution in [0, 0.1) is 10.1 Å². The van der Waals surface area contributed by atoms with Crippen molar-refractivity contribution in [1.82, 2.24) is 19.9 Å². The molecule has 1 aromatic carbocycles. The number of nitrogens with zero attached hydrogens (tertiary/aromatic N) is 5. The van der Waals surface area contributed by atoms with Gasteiger partial charge >= 0.3 is 0 Å². The molecule has 21 heavy (non-hydrogen) atoms. The van der Waals surface area contributed by atoms with E-state index in [1.165, 1.54) is 24.7 Å². The highest BCUT2D eigenvalue weighted by Gasteiger charge is 2.06. The number of non-ortho nitro benzene ring substituents is 1. The monoisotopic (exact) mass is 300 g/mol. The van der Waals surface area contributed by atoms with Crippen molar-refractivity contribution in [2.24, 2.45) is 4.99 Å². The standard InChI is InChI=1S/C12H8N6O2S/c19-18(20)8-3-1-7(2-4-8)5-13-12-16-10-9(11(21)17-12)14-6-15-10/h1-6H,(H2,14,15,16,17,21). The van der Waals surface area contributed by atoms with Gasteiger partial charge in [-0.05, 0) is 17.7 Å². The molecule has 3 rings (SSSR count). The fraction of sp³-hybridized carbons (Fsp3) is 0. The van der Waals surface area contributed by atoms with Gasteiger partial charge in [-0.2, -0.15) is 4.98 Å². The molecule has 1 N–H and O–H groups in total. The van der Waals surface area contributed by atoms with Crippen LogP contribution in [0.1, 0.15) is 5.56 Å². The number of fused-ring (bicyclic) bond motifs is 1. The molecule has 0 aliphatic heterocycles. The Morgan fingerprint density at radius 3 is 2.76 bits per heavy atom. The summed E-state index contributed by atoms with van der Waals surface area (Å²) in [7, 11) is 0. The highest BCUT2D eigenvalue weighted by Crippen LogP contribution is 2.18. The minimum absolute atomic E-state index is 0.0277. The van der Waals surface area contributed by atoms with Gasteiger partial charge in [0.25, 0.3) is 11.6 Å². The number of benzene rings is 1. The molecular weight excluding hydrogens is 292 g/mol. The minimum Gasteiger partial charge on any atom is -0.329 e. The zero-order valence-corrected chi connectivity index (χ0v) is 11.4. The lowest BCUT2D eigenvalue weighted by atomic mass is 10.2. The predicted octanol–water partition coefficient (Wildman–Crippen LogP) is 2.30. The van der Waals surface area contributed by atoms with Gasteiger partial charge < -0.3 is 4.98 Å². The van der Waals surface area contributed by atoms with Crippen LogP contribution in [0.2, 0.25) is 0 Å². The SMILES string of the molecule is O=[N+]([O-])c1ccc(C=Nc2nc(S)c3nc[nH]c3n2)cc1. The van der Waals surface area contributed by atoms with E-state index in [4.69, 9.17) is 0 Å². The van der Waals surface area contributed by atoms with Crippen LogP contribution in [0.4, 0.5) is 11.6 Å². The number of aromatic amines is 1. The Morgan fingerprint density at radius 2 is 2.05 bits per heavy atom. The maximum atomic E-state index is 10.6. The van der Waals surface area contributed by atoms with Gasteiger partial charge in [-0.25, -0.2) is 15.0 Å². The Hall–Kier alpha value is -2.81. The second-order valence-corrected chi connectivity index (χ2v) is 4.48. The zero-order chi connectivity index (χ0) is 14.8. The number of nitrogens with one attached hydrogen (secondary N) is 1. The molecule has 0 saturated carbocycles. The Labute approximate surface area is 123 Å². The predicted molar refractivity (Wildman–Crippen MR) is 79.3 cm³/mol. The van der Waals surface area contributed by atoms with Gasteiger partial charge in [0.1, 0.15) is 10.5 Å². The Kier molecular flexibility index (Phi) is 3.32. The number of H-pyrrole nitrogens is 1. The molecule has 0 fully saturated rings. The van der Waals surface area contributed by atoms with E-state index in [9.17, 15) is 10.1 Å². The number of hydrogen-bond acceptors (Lipinski definition) is 7. The number of hydrogen-bond donors (Lipinski definition) is 2. The first kappa shape index (κ1) is 13.2. The van der Waals surface area contributed by atoms with E-state index in [1.54, 1.807) is 12.1 Å². The summed E-state index contributed by atoms with van der Waals surface area (Å²) in [5, 5.41) is 11.0. The van der Waals surface area contributed by atoms with Crippen molar-refractivity contribution >= 4 is 41.6 Å². The highest BCUT2D eigenvalue weighted by molar-refractivity contribution is 7.80. The fourth-order valence-corrected chi connectivity index (χ4v) is 1.93. The summed E-state index contributed by atoms with van der Waals surface area (Å²) in [6, 6.07) is 6.00. The normalized spacial score (nSPS) is 11.3. The third-order valence-electron chi connectivity index (χ3n) is 2.68. The topological polar surface area (TPSA) is 110 Å². The summed E-state index contributed by atoms with van der Waals surface area (Å²) in [6.07, 6.45) is 3.03. The zero-order valence-electron chi connectivity index (χ0n) is 10.5. The van der Waals surface area contributed by atoms with Crippen LogP contribution in [0.5, 0.6) is 0 Å². The Morgan fingerprint density at radius 1 is 1.29 bits per heavy atom. The number of aliphatic imine (C=N–C) groups is 1. The second kappa shape index (κ2) is 5.29. The number of rotatable bonds is 3. The summed E-state index contributed by atoms with van der Waals surface area (Å²) in [4.78, 5) is 29.4. The van der Waals surface area contributed by atoms with Crippen LogP contribution < -0.4 is 0 Å². The maximum absolute atomic E-state index is 10.6. The molecule has 0 amide bonds. The van der Waals surface area contributed by atoms with E-state index >= 15 is 0 Å². The molecular formula is C12H8N6O2S. The molecule has 0 aliphatic rings.